The van der Waals surface area contributed by atoms with Crippen molar-refractivity contribution >= 4 is 23.5 Å². The first-order valence-corrected chi connectivity index (χ1v) is 7.57. The number of carbonyl (C=O) groups excluding carboxylic acids is 3. The quantitative estimate of drug-likeness (QED) is 0.383. The van der Waals surface area contributed by atoms with Crippen molar-refractivity contribution < 1.29 is 33.5 Å². The molecule has 1 amide bonds. The monoisotopic (exact) mass is 368 g/mol. The fourth-order valence-electron chi connectivity index (χ4n) is 2.16. The van der Waals surface area contributed by atoms with Gasteiger partial charge in [0.2, 0.25) is 5.91 Å². The number of esters is 2. The van der Waals surface area contributed by atoms with Crippen LogP contribution in [0.2, 0.25) is 0 Å². The molecule has 0 saturated carbocycles. The third-order valence-electron chi connectivity index (χ3n) is 3.48. The zero-order valence-corrected chi connectivity index (χ0v) is 14.6. The Hall–Kier alpha value is -3.17. The summed E-state index contributed by atoms with van der Waals surface area (Å²) in [5, 5.41) is 13.5. The number of hydrogen-bond acceptors (Lipinski definition) is 8. The summed E-state index contributed by atoms with van der Waals surface area (Å²) in [5.74, 6) is -1.74. The van der Waals surface area contributed by atoms with Crippen LogP contribution in [0.3, 0.4) is 0 Å². The summed E-state index contributed by atoms with van der Waals surface area (Å²) in [5.41, 5.74) is 0.173. The molecule has 0 spiro atoms. The van der Waals surface area contributed by atoms with Gasteiger partial charge < -0.3 is 19.5 Å². The summed E-state index contributed by atoms with van der Waals surface area (Å²) in [7, 11) is 3.67. The van der Waals surface area contributed by atoms with Gasteiger partial charge in [0, 0.05) is 18.9 Å². The predicted octanol–water partition coefficient (Wildman–Crippen LogP) is 0.757. The highest BCUT2D eigenvalue weighted by atomic mass is 16.6. The third kappa shape index (κ3) is 6.04. The molecule has 10 nitrogen and oxygen atoms in total. The summed E-state index contributed by atoms with van der Waals surface area (Å²) in [6.07, 6.45) is -0.325. The van der Waals surface area contributed by atoms with Crippen molar-refractivity contribution in [1.82, 2.24) is 5.32 Å². The standard InChI is InChI=1S/C16H20N2O8/c1-24-13-5-4-10(9-12(13)18(22)23)8-11(16(21)26-3)17-14(19)6-7-15(20)25-2/h4-5,9,11H,6-8H2,1-3H3,(H,17,19)/t11-/m0/s1. The van der Waals surface area contributed by atoms with Crippen molar-refractivity contribution in [3.05, 3.63) is 33.9 Å². The average Bonchev–Trinajstić information content (AvgIpc) is 2.64. The molecule has 1 rings (SSSR count). The summed E-state index contributed by atoms with van der Waals surface area (Å²) in [4.78, 5) is 45.4. The van der Waals surface area contributed by atoms with Gasteiger partial charge in [-0.15, -0.1) is 0 Å². The maximum absolute atomic E-state index is 11.9. The minimum Gasteiger partial charge on any atom is -0.490 e. The fourth-order valence-corrected chi connectivity index (χ4v) is 2.16. The van der Waals surface area contributed by atoms with Crippen LogP contribution < -0.4 is 10.1 Å². The molecule has 1 atom stereocenters. The van der Waals surface area contributed by atoms with Crippen LogP contribution in [0.4, 0.5) is 5.69 Å². The number of nitrogens with zero attached hydrogens (tertiary/aromatic N) is 1. The molecule has 0 saturated heterocycles. The van der Waals surface area contributed by atoms with Crippen molar-refractivity contribution in [2.75, 3.05) is 21.3 Å². The number of amides is 1. The first-order chi connectivity index (χ1) is 12.3. The number of benzene rings is 1. The van der Waals surface area contributed by atoms with E-state index in [1.165, 1.54) is 26.4 Å². The SMILES string of the molecule is COC(=O)CCC(=O)N[C@@H](Cc1ccc(OC)c([N+](=O)[O-])c1)C(=O)OC. The van der Waals surface area contributed by atoms with Crippen LogP contribution in [-0.2, 0) is 30.3 Å². The van der Waals surface area contributed by atoms with E-state index in [-0.39, 0.29) is 30.7 Å². The molecule has 10 heteroatoms. The lowest BCUT2D eigenvalue weighted by Crippen LogP contribution is -2.43. The highest BCUT2D eigenvalue weighted by Crippen LogP contribution is 2.28. The highest BCUT2D eigenvalue weighted by molar-refractivity contribution is 5.86. The molecular weight excluding hydrogens is 348 g/mol. The van der Waals surface area contributed by atoms with Crippen molar-refractivity contribution in [2.24, 2.45) is 0 Å². The van der Waals surface area contributed by atoms with E-state index in [1.807, 2.05) is 0 Å². The van der Waals surface area contributed by atoms with E-state index in [4.69, 9.17) is 4.74 Å². The van der Waals surface area contributed by atoms with Gasteiger partial charge in [-0.2, -0.15) is 0 Å². The van der Waals surface area contributed by atoms with E-state index in [2.05, 4.69) is 14.8 Å². The zero-order valence-electron chi connectivity index (χ0n) is 14.6. The molecule has 0 aliphatic heterocycles. The molecule has 1 aromatic carbocycles. The van der Waals surface area contributed by atoms with Crippen LogP contribution in [0.5, 0.6) is 5.75 Å². The van der Waals surface area contributed by atoms with E-state index < -0.39 is 28.8 Å². The predicted molar refractivity (Wildman–Crippen MR) is 88.5 cm³/mol. The normalized spacial score (nSPS) is 11.2. The van der Waals surface area contributed by atoms with Gasteiger partial charge in [-0.1, -0.05) is 6.07 Å². The molecule has 0 aromatic heterocycles. The Morgan fingerprint density at radius 2 is 1.85 bits per heavy atom. The Kier molecular flexibility index (Phi) is 8.00. The van der Waals surface area contributed by atoms with Crippen molar-refractivity contribution in [1.29, 1.82) is 0 Å². The first-order valence-electron chi connectivity index (χ1n) is 7.57. The molecule has 0 heterocycles. The van der Waals surface area contributed by atoms with Crippen molar-refractivity contribution in [3.8, 4) is 5.75 Å². The molecule has 0 fully saturated rings. The van der Waals surface area contributed by atoms with Crippen LogP contribution in [0.15, 0.2) is 18.2 Å². The van der Waals surface area contributed by atoms with E-state index in [9.17, 15) is 24.5 Å². The zero-order chi connectivity index (χ0) is 19.7. The molecule has 0 bridgehead atoms. The lowest BCUT2D eigenvalue weighted by atomic mass is 10.0. The Bertz CT molecular complexity index is 689. The van der Waals surface area contributed by atoms with Gasteiger partial charge >= 0.3 is 17.6 Å². The largest absolute Gasteiger partial charge is 0.490 e. The maximum Gasteiger partial charge on any atom is 0.328 e. The molecule has 1 N–H and O–H groups in total. The Labute approximate surface area is 149 Å². The van der Waals surface area contributed by atoms with Gasteiger partial charge in [0.1, 0.15) is 6.04 Å². The second-order valence-corrected chi connectivity index (χ2v) is 5.19. The van der Waals surface area contributed by atoms with E-state index >= 15 is 0 Å². The number of carbonyl (C=O) groups is 3. The van der Waals surface area contributed by atoms with Crippen LogP contribution in [0.25, 0.3) is 0 Å². The number of nitrogens with one attached hydrogen (secondary N) is 1. The van der Waals surface area contributed by atoms with Crippen LogP contribution in [0, 0.1) is 10.1 Å². The van der Waals surface area contributed by atoms with E-state index in [0.717, 1.165) is 7.11 Å². The molecule has 0 aliphatic carbocycles. The lowest BCUT2D eigenvalue weighted by molar-refractivity contribution is -0.385. The molecule has 0 radical (unpaired) electrons. The molecule has 0 unspecified atom stereocenters. The fraction of sp³-hybridized carbons (Fsp3) is 0.438. The maximum atomic E-state index is 11.9. The summed E-state index contributed by atoms with van der Waals surface area (Å²) in [6.45, 7) is 0. The smallest absolute Gasteiger partial charge is 0.328 e. The minimum absolute atomic E-state index is 0.0263. The van der Waals surface area contributed by atoms with Gasteiger partial charge in [-0.05, 0) is 11.6 Å². The number of nitro groups is 1. The molecular formula is C16H20N2O8. The molecule has 1 aromatic rings. The summed E-state index contributed by atoms with van der Waals surface area (Å²) < 4.78 is 14.0. The summed E-state index contributed by atoms with van der Waals surface area (Å²) in [6, 6.07) is 3.15. The second kappa shape index (κ2) is 9.97. The molecule has 142 valence electrons. The number of nitro benzene ring substituents is 1. The molecule has 0 aliphatic rings. The average molecular weight is 368 g/mol. The second-order valence-electron chi connectivity index (χ2n) is 5.19. The molecule has 26 heavy (non-hydrogen) atoms. The first kappa shape index (κ1) is 20.9. The van der Waals surface area contributed by atoms with Gasteiger partial charge in [0.25, 0.3) is 0 Å². The lowest BCUT2D eigenvalue weighted by Gasteiger charge is -2.16. The topological polar surface area (TPSA) is 134 Å². The Morgan fingerprint density at radius 1 is 1.15 bits per heavy atom. The van der Waals surface area contributed by atoms with Gasteiger partial charge in [-0.3, -0.25) is 19.7 Å². The van der Waals surface area contributed by atoms with Crippen molar-refractivity contribution in [3.63, 3.8) is 0 Å². The number of rotatable bonds is 9. The van der Waals surface area contributed by atoms with Gasteiger partial charge in [0.05, 0.1) is 32.7 Å². The Morgan fingerprint density at radius 3 is 2.38 bits per heavy atom. The highest BCUT2D eigenvalue weighted by Gasteiger charge is 2.24. The number of hydrogen-bond donors (Lipinski definition) is 1. The van der Waals surface area contributed by atoms with Crippen LogP contribution in [-0.4, -0.2) is 50.1 Å². The minimum atomic E-state index is -1.06. The van der Waals surface area contributed by atoms with Gasteiger partial charge in [0.15, 0.2) is 5.75 Å². The van der Waals surface area contributed by atoms with E-state index in [1.54, 1.807) is 6.07 Å². The van der Waals surface area contributed by atoms with Crippen LogP contribution >= 0.6 is 0 Å². The van der Waals surface area contributed by atoms with Crippen molar-refractivity contribution in [2.45, 2.75) is 25.3 Å². The number of ether oxygens (including phenoxy) is 3. The third-order valence-corrected chi connectivity index (χ3v) is 3.48. The van der Waals surface area contributed by atoms with Crippen LogP contribution in [0.1, 0.15) is 18.4 Å². The van der Waals surface area contributed by atoms with Gasteiger partial charge in [-0.25, -0.2) is 4.79 Å². The van der Waals surface area contributed by atoms with E-state index in [0.29, 0.717) is 5.56 Å². The Balaban J connectivity index is 2.89. The number of methoxy groups -OCH3 is 3. The summed E-state index contributed by atoms with van der Waals surface area (Å²) >= 11 is 0.